The van der Waals surface area contributed by atoms with Crippen LogP contribution >= 0.6 is 11.3 Å². The molecule has 5 rings (SSSR count). The molecule has 41 heavy (non-hydrogen) atoms. The molecule has 212 valence electrons. The number of rotatable bonds is 7. The first-order valence-corrected chi connectivity index (χ1v) is 14.2. The summed E-state index contributed by atoms with van der Waals surface area (Å²) in [5.74, 6) is 0.532. The van der Waals surface area contributed by atoms with E-state index in [9.17, 15) is 9.59 Å². The lowest BCUT2D eigenvalue weighted by molar-refractivity contribution is -0.139. The molecule has 2 aromatic heterocycles. The number of hydrogen-bond donors (Lipinski definition) is 0. The number of fused-ring (bicyclic) bond motifs is 1. The van der Waals surface area contributed by atoms with Crippen LogP contribution in [0.25, 0.3) is 11.8 Å². The topological polar surface area (TPSA) is 84.1 Å². The van der Waals surface area contributed by atoms with Gasteiger partial charge in [0.25, 0.3) is 5.56 Å². The van der Waals surface area contributed by atoms with Gasteiger partial charge in [-0.25, -0.2) is 9.79 Å². The quantitative estimate of drug-likeness (QED) is 0.305. The molecule has 4 aromatic rings. The zero-order valence-corrected chi connectivity index (χ0v) is 25.1. The van der Waals surface area contributed by atoms with Crippen molar-refractivity contribution in [2.24, 2.45) is 4.99 Å². The van der Waals surface area contributed by atoms with Crippen LogP contribution in [0.1, 0.15) is 48.0 Å². The van der Waals surface area contributed by atoms with E-state index >= 15 is 0 Å². The van der Waals surface area contributed by atoms with Crippen LogP contribution in [0.4, 0.5) is 0 Å². The van der Waals surface area contributed by atoms with Crippen molar-refractivity contribution >= 4 is 23.4 Å². The van der Waals surface area contributed by atoms with Crippen LogP contribution in [0, 0.1) is 20.8 Å². The van der Waals surface area contributed by atoms with E-state index in [4.69, 9.17) is 14.2 Å². The highest BCUT2D eigenvalue weighted by Gasteiger charge is 2.34. The molecule has 1 aliphatic rings. The van der Waals surface area contributed by atoms with E-state index in [2.05, 4.69) is 47.7 Å². The van der Waals surface area contributed by atoms with Crippen molar-refractivity contribution in [3.8, 4) is 17.2 Å². The number of esters is 1. The minimum Gasteiger partial charge on any atom is -0.493 e. The second-order valence-corrected chi connectivity index (χ2v) is 10.9. The zero-order valence-electron chi connectivity index (χ0n) is 24.3. The van der Waals surface area contributed by atoms with E-state index < -0.39 is 12.0 Å². The van der Waals surface area contributed by atoms with Gasteiger partial charge in [-0.1, -0.05) is 29.5 Å². The molecule has 1 aliphatic heterocycles. The number of hydrogen-bond acceptors (Lipinski definition) is 7. The molecule has 3 heterocycles. The van der Waals surface area contributed by atoms with Crippen LogP contribution in [0.15, 0.2) is 69.6 Å². The van der Waals surface area contributed by atoms with Gasteiger partial charge in [-0.3, -0.25) is 9.36 Å². The molecule has 0 saturated carbocycles. The number of carbonyl (C=O) groups excluding carboxylic acids is 1. The predicted molar refractivity (Wildman–Crippen MR) is 160 cm³/mol. The van der Waals surface area contributed by atoms with Crippen LogP contribution in [0.2, 0.25) is 0 Å². The summed E-state index contributed by atoms with van der Waals surface area (Å²) < 4.78 is 20.7. The van der Waals surface area contributed by atoms with Crippen LogP contribution < -0.4 is 24.4 Å². The summed E-state index contributed by atoms with van der Waals surface area (Å²) in [4.78, 5) is 32.5. The lowest BCUT2D eigenvalue weighted by Crippen LogP contribution is -2.40. The summed E-state index contributed by atoms with van der Waals surface area (Å²) in [5.41, 5.74) is 6.56. The Labute approximate surface area is 242 Å². The molecule has 2 aromatic carbocycles. The second-order valence-electron chi connectivity index (χ2n) is 9.92. The largest absolute Gasteiger partial charge is 0.493 e. The Morgan fingerprint density at radius 2 is 1.78 bits per heavy atom. The lowest BCUT2D eigenvalue weighted by Gasteiger charge is -2.25. The van der Waals surface area contributed by atoms with Crippen molar-refractivity contribution in [2.75, 3.05) is 20.8 Å². The first-order chi connectivity index (χ1) is 19.7. The molecule has 9 heteroatoms. The molecule has 0 spiro atoms. The maximum Gasteiger partial charge on any atom is 0.338 e. The van der Waals surface area contributed by atoms with Gasteiger partial charge in [0, 0.05) is 17.1 Å². The Hall–Kier alpha value is -4.37. The van der Waals surface area contributed by atoms with Crippen molar-refractivity contribution in [1.29, 1.82) is 0 Å². The maximum absolute atomic E-state index is 14.1. The average Bonchev–Trinajstić information content (AvgIpc) is 3.41. The number of aromatic nitrogens is 2. The third-order valence-corrected chi connectivity index (χ3v) is 8.24. The minimum absolute atomic E-state index is 0.204. The monoisotopic (exact) mass is 571 g/mol. The molecule has 0 aliphatic carbocycles. The number of carbonyl (C=O) groups is 1. The molecule has 1 atom stereocenters. The van der Waals surface area contributed by atoms with E-state index in [1.807, 2.05) is 25.1 Å². The van der Waals surface area contributed by atoms with Gasteiger partial charge < -0.3 is 18.8 Å². The molecule has 0 amide bonds. The van der Waals surface area contributed by atoms with Crippen LogP contribution in [-0.2, 0) is 9.53 Å². The molecule has 0 saturated heterocycles. The summed E-state index contributed by atoms with van der Waals surface area (Å²) >= 11 is 1.30. The fraction of sp³-hybridized carbons (Fsp3) is 0.281. The second kappa shape index (κ2) is 11.2. The van der Waals surface area contributed by atoms with Gasteiger partial charge in [0.05, 0.1) is 42.7 Å². The molecule has 0 bridgehead atoms. The van der Waals surface area contributed by atoms with Crippen molar-refractivity contribution < 1.29 is 19.0 Å². The number of allylic oxidation sites excluding steroid dienone is 1. The number of nitrogens with zero attached hydrogens (tertiary/aromatic N) is 3. The minimum atomic E-state index is -0.744. The van der Waals surface area contributed by atoms with Crippen LogP contribution in [0.5, 0.6) is 11.5 Å². The van der Waals surface area contributed by atoms with Gasteiger partial charge in [-0.2, -0.15) is 0 Å². The smallest absolute Gasteiger partial charge is 0.338 e. The Balaban J connectivity index is 1.71. The SMILES string of the molecule is CCOC(=O)C1=C(C)N=c2s/c(=C/c3cc(C)n(-c4cccc(C)c4)c3C)c(=O)n2[C@@H]1c1ccc(OC)c(OC)c1. The number of methoxy groups -OCH3 is 2. The fourth-order valence-corrected chi connectivity index (χ4v) is 6.41. The summed E-state index contributed by atoms with van der Waals surface area (Å²) in [6.07, 6.45) is 1.91. The van der Waals surface area contributed by atoms with Gasteiger partial charge in [0.1, 0.15) is 0 Å². The van der Waals surface area contributed by atoms with Crippen LogP contribution in [0.3, 0.4) is 0 Å². The first kappa shape index (κ1) is 28.2. The molecule has 8 nitrogen and oxygen atoms in total. The third kappa shape index (κ3) is 5.02. The first-order valence-electron chi connectivity index (χ1n) is 13.4. The molecule has 0 radical (unpaired) electrons. The van der Waals surface area contributed by atoms with Crippen molar-refractivity contribution in [2.45, 2.75) is 40.7 Å². The van der Waals surface area contributed by atoms with E-state index in [1.165, 1.54) is 16.9 Å². The fourth-order valence-electron chi connectivity index (χ4n) is 5.37. The summed E-state index contributed by atoms with van der Waals surface area (Å²) in [6.45, 7) is 9.90. The number of aryl methyl sites for hydroxylation is 2. The molecule has 0 unspecified atom stereocenters. The van der Waals surface area contributed by atoms with E-state index in [0.29, 0.717) is 37.7 Å². The summed E-state index contributed by atoms with van der Waals surface area (Å²) in [5, 5.41) is 0. The third-order valence-electron chi connectivity index (χ3n) is 7.26. The highest BCUT2D eigenvalue weighted by Crippen LogP contribution is 2.36. The molecule has 0 fully saturated rings. The van der Waals surface area contributed by atoms with Crippen molar-refractivity contribution in [3.05, 3.63) is 108 Å². The normalized spacial score (nSPS) is 15.0. The van der Waals surface area contributed by atoms with E-state index in [1.54, 1.807) is 44.8 Å². The Morgan fingerprint density at radius 3 is 2.46 bits per heavy atom. The molecular weight excluding hydrogens is 538 g/mol. The van der Waals surface area contributed by atoms with Crippen molar-refractivity contribution in [3.63, 3.8) is 0 Å². The van der Waals surface area contributed by atoms with Gasteiger partial charge >= 0.3 is 5.97 Å². The van der Waals surface area contributed by atoms with Gasteiger partial charge in [0.2, 0.25) is 0 Å². The molecule has 0 N–H and O–H groups in total. The van der Waals surface area contributed by atoms with Crippen LogP contribution in [-0.4, -0.2) is 35.9 Å². The van der Waals surface area contributed by atoms with E-state index in [0.717, 1.165) is 22.6 Å². The number of benzene rings is 2. The van der Waals surface area contributed by atoms with Gasteiger partial charge in [-0.05, 0) is 87.7 Å². The Kier molecular flexibility index (Phi) is 7.73. The highest BCUT2D eigenvalue weighted by molar-refractivity contribution is 7.07. The lowest BCUT2D eigenvalue weighted by atomic mass is 9.95. The Morgan fingerprint density at radius 1 is 1.02 bits per heavy atom. The number of thiazole rings is 1. The van der Waals surface area contributed by atoms with Crippen molar-refractivity contribution in [1.82, 2.24) is 9.13 Å². The van der Waals surface area contributed by atoms with Gasteiger partial charge in [-0.15, -0.1) is 0 Å². The average molecular weight is 572 g/mol. The Bertz CT molecular complexity index is 1880. The standard InChI is InChI=1S/C32H33N3O5S/c1-8-40-31(37)28-20(4)33-32-35(29(28)22-12-13-25(38-6)26(16-22)39-7)30(36)27(41-32)17-23-15-19(3)34(21(23)5)24-11-9-10-18(2)14-24/h9-17,29H,8H2,1-7H3/b27-17+/t29-/m1/s1. The van der Waals surface area contributed by atoms with E-state index in [-0.39, 0.29) is 12.2 Å². The summed E-state index contributed by atoms with van der Waals surface area (Å²) in [6, 6.07) is 15.0. The zero-order chi connectivity index (χ0) is 29.4. The predicted octanol–water partition coefficient (Wildman–Crippen LogP) is 4.53. The summed E-state index contributed by atoms with van der Waals surface area (Å²) in [7, 11) is 3.11. The number of ether oxygens (including phenoxy) is 3. The maximum atomic E-state index is 14.1. The highest BCUT2D eigenvalue weighted by atomic mass is 32.1. The molecular formula is C32H33N3O5S. The van der Waals surface area contributed by atoms with Gasteiger partial charge in [0.15, 0.2) is 16.3 Å².